The minimum absolute atomic E-state index is 0.107. The first-order valence-corrected chi connectivity index (χ1v) is 6.18. The van der Waals surface area contributed by atoms with Gasteiger partial charge < -0.3 is 0 Å². The Kier molecular flexibility index (Phi) is 3.22. The molecule has 2 aliphatic rings. The van der Waals surface area contributed by atoms with Gasteiger partial charge in [-0.2, -0.15) is 0 Å². The predicted molar refractivity (Wildman–Crippen MR) is 62.6 cm³/mol. The third-order valence-corrected chi connectivity index (χ3v) is 3.75. The molecule has 0 unspecified atom stereocenters. The largest absolute Gasteiger partial charge is 0.298 e. The van der Waals surface area contributed by atoms with Gasteiger partial charge in [0.15, 0.2) is 0 Å². The molecule has 1 aliphatic heterocycles. The fourth-order valence-corrected chi connectivity index (χ4v) is 2.64. The SMILES string of the molecule is CC(C)C1CC(=O)C(C2=NCCC2)C(=O)C1. The van der Waals surface area contributed by atoms with Gasteiger partial charge in [0.1, 0.15) is 17.5 Å². The summed E-state index contributed by atoms with van der Waals surface area (Å²) in [7, 11) is 0. The lowest BCUT2D eigenvalue weighted by Crippen LogP contribution is -2.39. The lowest BCUT2D eigenvalue weighted by atomic mass is 9.73. The summed E-state index contributed by atoms with van der Waals surface area (Å²) in [5.41, 5.74) is 0.859. The van der Waals surface area contributed by atoms with Crippen LogP contribution in [0.1, 0.15) is 39.5 Å². The van der Waals surface area contributed by atoms with E-state index in [1.54, 1.807) is 0 Å². The molecule has 3 nitrogen and oxygen atoms in total. The molecule has 1 saturated carbocycles. The van der Waals surface area contributed by atoms with Gasteiger partial charge in [-0.15, -0.1) is 0 Å². The average Bonchev–Trinajstić information content (AvgIpc) is 2.69. The Morgan fingerprint density at radius 1 is 1.19 bits per heavy atom. The summed E-state index contributed by atoms with van der Waals surface area (Å²) in [4.78, 5) is 28.3. The molecule has 0 saturated heterocycles. The molecule has 0 aromatic rings. The van der Waals surface area contributed by atoms with E-state index >= 15 is 0 Å². The Morgan fingerprint density at radius 3 is 2.25 bits per heavy atom. The van der Waals surface area contributed by atoms with Crippen molar-refractivity contribution in [1.82, 2.24) is 0 Å². The van der Waals surface area contributed by atoms with Crippen LogP contribution >= 0.6 is 0 Å². The van der Waals surface area contributed by atoms with Crippen molar-refractivity contribution in [3.05, 3.63) is 0 Å². The Bertz CT molecular complexity index is 326. The fourth-order valence-electron chi connectivity index (χ4n) is 2.64. The van der Waals surface area contributed by atoms with Crippen molar-refractivity contribution in [1.29, 1.82) is 0 Å². The number of carbonyl (C=O) groups excluding carboxylic acids is 2. The van der Waals surface area contributed by atoms with E-state index in [2.05, 4.69) is 18.8 Å². The van der Waals surface area contributed by atoms with Gasteiger partial charge in [0.25, 0.3) is 0 Å². The zero-order chi connectivity index (χ0) is 11.7. The molecule has 0 N–H and O–H groups in total. The lowest BCUT2D eigenvalue weighted by molar-refractivity contribution is -0.135. The van der Waals surface area contributed by atoms with Gasteiger partial charge in [0, 0.05) is 25.1 Å². The first kappa shape index (κ1) is 11.5. The number of aliphatic imine (C=N–C) groups is 1. The van der Waals surface area contributed by atoms with Gasteiger partial charge in [0.2, 0.25) is 0 Å². The van der Waals surface area contributed by atoms with E-state index in [4.69, 9.17) is 0 Å². The molecule has 0 aromatic carbocycles. The molecule has 0 bridgehead atoms. The molecule has 3 heteroatoms. The maximum Gasteiger partial charge on any atom is 0.149 e. The zero-order valence-corrected chi connectivity index (χ0v) is 10.0. The van der Waals surface area contributed by atoms with Crippen molar-refractivity contribution in [2.45, 2.75) is 39.5 Å². The predicted octanol–water partition coefficient (Wildman–Crippen LogP) is 2.04. The van der Waals surface area contributed by atoms with Gasteiger partial charge >= 0.3 is 0 Å². The molecule has 0 aromatic heterocycles. The van der Waals surface area contributed by atoms with E-state index in [1.807, 2.05) is 0 Å². The minimum atomic E-state index is -0.475. The quantitative estimate of drug-likeness (QED) is 0.670. The molecule has 1 aliphatic carbocycles. The maximum absolute atomic E-state index is 12.0. The summed E-state index contributed by atoms with van der Waals surface area (Å²) in [6.07, 6.45) is 2.97. The van der Waals surface area contributed by atoms with E-state index in [0.29, 0.717) is 18.8 Å². The number of nitrogens with zero attached hydrogens (tertiary/aromatic N) is 1. The second kappa shape index (κ2) is 4.48. The highest BCUT2D eigenvalue weighted by Gasteiger charge is 2.39. The molecule has 88 valence electrons. The Hall–Kier alpha value is -0.990. The molecule has 0 spiro atoms. The molecule has 0 atom stereocenters. The standard InChI is InChI=1S/C13H19NO2/c1-8(2)9-6-11(15)13(12(16)7-9)10-4-3-5-14-10/h8-9,13H,3-7H2,1-2H3. The monoisotopic (exact) mass is 221 g/mol. The highest BCUT2D eigenvalue weighted by Crippen LogP contribution is 2.31. The highest BCUT2D eigenvalue weighted by molar-refractivity contribution is 6.22. The van der Waals surface area contributed by atoms with Crippen LogP contribution < -0.4 is 0 Å². The molecule has 1 fully saturated rings. The number of carbonyl (C=O) groups is 2. The topological polar surface area (TPSA) is 46.5 Å². The van der Waals surface area contributed by atoms with Crippen molar-refractivity contribution in [2.75, 3.05) is 6.54 Å². The second-order valence-corrected chi connectivity index (χ2v) is 5.25. The van der Waals surface area contributed by atoms with Crippen LogP contribution in [0.5, 0.6) is 0 Å². The van der Waals surface area contributed by atoms with Crippen molar-refractivity contribution >= 4 is 17.3 Å². The Balaban J connectivity index is 2.12. The molecular weight excluding hydrogens is 202 g/mol. The lowest BCUT2D eigenvalue weighted by Gasteiger charge is -2.28. The molecule has 16 heavy (non-hydrogen) atoms. The summed E-state index contributed by atoms with van der Waals surface area (Å²) in [5, 5.41) is 0. The Morgan fingerprint density at radius 2 is 1.81 bits per heavy atom. The minimum Gasteiger partial charge on any atom is -0.298 e. The van der Waals surface area contributed by atoms with Crippen LogP contribution in [-0.4, -0.2) is 23.8 Å². The fraction of sp³-hybridized carbons (Fsp3) is 0.769. The molecule has 0 amide bonds. The second-order valence-electron chi connectivity index (χ2n) is 5.25. The number of ketones is 2. The first-order chi connectivity index (χ1) is 7.59. The van der Waals surface area contributed by atoms with Gasteiger partial charge in [0.05, 0.1) is 0 Å². The Labute approximate surface area is 96.3 Å². The average molecular weight is 221 g/mol. The summed E-state index contributed by atoms with van der Waals surface area (Å²) >= 11 is 0. The van der Waals surface area contributed by atoms with Crippen LogP contribution in [0, 0.1) is 17.8 Å². The molecule has 1 heterocycles. The van der Waals surface area contributed by atoms with Crippen LogP contribution in [-0.2, 0) is 9.59 Å². The van der Waals surface area contributed by atoms with Crippen LogP contribution in [0.3, 0.4) is 0 Å². The number of hydrogen-bond acceptors (Lipinski definition) is 3. The van der Waals surface area contributed by atoms with Crippen molar-refractivity contribution in [2.24, 2.45) is 22.7 Å². The van der Waals surface area contributed by atoms with Crippen molar-refractivity contribution in [3.63, 3.8) is 0 Å². The van der Waals surface area contributed by atoms with E-state index in [0.717, 1.165) is 25.1 Å². The third-order valence-electron chi connectivity index (χ3n) is 3.75. The smallest absolute Gasteiger partial charge is 0.149 e. The zero-order valence-electron chi connectivity index (χ0n) is 10.0. The number of hydrogen-bond donors (Lipinski definition) is 0. The highest BCUT2D eigenvalue weighted by atomic mass is 16.2. The van der Waals surface area contributed by atoms with Crippen LogP contribution in [0.15, 0.2) is 4.99 Å². The van der Waals surface area contributed by atoms with Gasteiger partial charge in [-0.1, -0.05) is 13.8 Å². The summed E-state index contributed by atoms with van der Waals surface area (Å²) in [5.74, 6) is 0.404. The van der Waals surface area contributed by atoms with E-state index in [1.165, 1.54) is 0 Å². The van der Waals surface area contributed by atoms with Crippen LogP contribution in [0.25, 0.3) is 0 Å². The summed E-state index contributed by atoms with van der Waals surface area (Å²) in [6, 6.07) is 0. The maximum atomic E-state index is 12.0. The van der Waals surface area contributed by atoms with E-state index < -0.39 is 5.92 Å². The molecular formula is C13H19NO2. The van der Waals surface area contributed by atoms with Crippen LogP contribution in [0.4, 0.5) is 0 Å². The summed E-state index contributed by atoms with van der Waals surface area (Å²) < 4.78 is 0. The number of Topliss-reactive ketones (excluding diaryl/α,β-unsaturated/α-hetero) is 2. The van der Waals surface area contributed by atoms with Gasteiger partial charge in [-0.25, -0.2) is 0 Å². The normalized spacial score (nSPS) is 31.1. The molecule has 2 rings (SSSR count). The van der Waals surface area contributed by atoms with Crippen LogP contribution in [0.2, 0.25) is 0 Å². The third kappa shape index (κ3) is 2.08. The summed E-state index contributed by atoms with van der Waals surface area (Å²) in [6.45, 7) is 4.96. The molecule has 0 radical (unpaired) electrons. The van der Waals surface area contributed by atoms with Gasteiger partial charge in [-0.3, -0.25) is 14.6 Å². The van der Waals surface area contributed by atoms with E-state index in [-0.39, 0.29) is 17.5 Å². The van der Waals surface area contributed by atoms with E-state index in [9.17, 15) is 9.59 Å². The van der Waals surface area contributed by atoms with Crippen molar-refractivity contribution < 1.29 is 9.59 Å². The van der Waals surface area contributed by atoms with Gasteiger partial charge in [-0.05, 0) is 24.7 Å². The number of rotatable bonds is 2. The first-order valence-electron chi connectivity index (χ1n) is 6.18. The van der Waals surface area contributed by atoms with Crippen molar-refractivity contribution in [3.8, 4) is 0 Å².